The minimum Gasteiger partial charge on any atom is -0.493 e. The van der Waals surface area contributed by atoms with Crippen LogP contribution in [0.5, 0.6) is 5.75 Å². The molecular weight excluding hydrogens is 400 g/mol. The van der Waals surface area contributed by atoms with Gasteiger partial charge in [-0.25, -0.2) is 0 Å². The molecule has 1 aliphatic heterocycles. The summed E-state index contributed by atoms with van der Waals surface area (Å²) in [5.74, 6) is 1.03. The Hall–Kier alpha value is -4.10. The third-order valence-corrected chi connectivity index (χ3v) is 6.95. The first kappa shape index (κ1) is 18.5. The second-order valence-corrected chi connectivity index (χ2v) is 8.82. The zero-order valence-corrected chi connectivity index (χ0v) is 18.2. The molecule has 7 rings (SSSR count). The van der Waals surface area contributed by atoms with Crippen LogP contribution in [0.2, 0.25) is 0 Å². The van der Waals surface area contributed by atoms with Gasteiger partial charge in [-0.1, -0.05) is 91.0 Å². The molecule has 6 aromatic rings. The van der Waals surface area contributed by atoms with Gasteiger partial charge < -0.3 is 4.74 Å². The van der Waals surface area contributed by atoms with E-state index in [9.17, 15) is 0 Å². The van der Waals surface area contributed by atoms with E-state index in [2.05, 4.69) is 109 Å². The van der Waals surface area contributed by atoms with E-state index in [0.717, 1.165) is 18.8 Å². The van der Waals surface area contributed by atoms with Gasteiger partial charge in [0.1, 0.15) is 5.75 Å². The highest BCUT2D eigenvalue weighted by atomic mass is 16.5. The van der Waals surface area contributed by atoms with Crippen LogP contribution >= 0.6 is 0 Å². The van der Waals surface area contributed by atoms with Gasteiger partial charge >= 0.3 is 0 Å². The van der Waals surface area contributed by atoms with Crippen molar-refractivity contribution in [1.82, 2.24) is 0 Å². The van der Waals surface area contributed by atoms with Crippen LogP contribution in [0, 0.1) is 0 Å². The fraction of sp³-hybridized carbons (Fsp3) is 0.0625. The van der Waals surface area contributed by atoms with Crippen molar-refractivity contribution in [3.05, 3.63) is 115 Å². The first-order valence-corrected chi connectivity index (χ1v) is 11.6. The van der Waals surface area contributed by atoms with Gasteiger partial charge in [0.2, 0.25) is 0 Å². The van der Waals surface area contributed by atoms with Gasteiger partial charge in [-0.15, -0.1) is 0 Å². The molecule has 0 radical (unpaired) electrons. The third kappa shape index (κ3) is 2.86. The third-order valence-electron chi connectivity index (χ3n) is 6.95. The Balaban J connectivity index is 1.60. The van der Waals surface area contributed by atoms with E-state index in [1.54, 1.807) is 0 Å². The average Bonchev–Trinajstić information content (AvgIpc) is 3.35. The van der Waals surface area contributed by atoms with Crippen molar-refractivity contribution >= 4 is 32.3 Å². The van der Waals surface area contributed by atoms with Crippen LogP contribution in [0.25, 0.3) is 54.6 Å². The van der Waals surface area contributed by atoms with Crippen molar-refractivity contribution in [3.8, 4) is 28.0 Å². The van der Waals surface area contributed by atoms with E-state index in [-0.39, 0.29) is 0 Å². The van der Waals surface area contributed by atoms with E-state index < -0.39 is 0 Å². The molecule has 1 aliphatic rings. The molecular formula is C32H22O. The number of ether oxygens (including phenoxy) is 1. The van der Waals surface area contributed by atoms with Crippen molar-refractivity contribution in [2.45, 2.75) is 6.42 Å². The van der Waals surface area contributed by atoms with Gasteiger partial charge in [0.15, 0.2) is 0 Å². The van der Waals surface area contributed by atoms with Crippen molar-refractivity contribution in [2.75, 3.05) is 6.61 Å². The molecule has 1 heterocycles. The van der Waals surface area contributed by atoms with E-state index in [0.29, 0.717) is 0 Å². The summed E-state index contributed by atoms with van der Waals surface area (Å²) in [7, 11) is 0. The molecule has 156 valence electrons. The molecule has 1 heteroatoms. The first-order valence-electron chi connectivity index (χ1n) is 11.6. The molecule has 0 N–H and O–H groups in total. The summed E-state index contributed by atoms with van der Waals surface area (Å²) in [6.45, 7) is 0.779. The van der Waals surface area contributed by atoms with Crippen LogP contribution in [0.1, 0.15) is 5.56 Å². The first-order chi connectivity index (χ1) is 16.4. The summed E-state index contributed by atoms with van der Waals surface area (Å²) in [6, 6.07) is 39.8. The van der Waals surface area contributed by atoms with Gasteiger partial charge in [0.05, 0.1) is 6.61 Å². The SMILES string of the molecule is c1ccc2cc(-c3c4ccccc4c(-c4ccc5c(c4)CCO5)c4ccccc34)ccc2c1. The summed E-state index contributed by atoms with van der Waals surface area (Å²) >= 11 is 0. The largest absolute Gasteiger partial charge is 0.493 e. The lowest BCUT2D eigenvalue weighted by Gasteiger charge is -2.18. The average molecular weight is 423 g/mol. The van der Waals surface area contributed by atoms with Crippen LogP contribution in [0.15, 0.2) is 109 Å². The van der Waals surface area contributed by atoms with Gasteiger partial charge in [-0.2, -0.15) is 0 Å². The Morgan fingerprint density at radius 2 is 1.03 bits per heavy atom. The van der Waals surface area contributed by atoms with Crippen LogP contribution in [-0.4, -0.2) is 6.61 Å². The zero-order chi connectivity index (χ0) is 21.8. The molecule has 1 nitrogen and oxygen atoms in total. The molecule has 0 amide bonds. The summed E-state index contributed by atoms with van der Waals surface area (Å²) in [4.78, 5) is 0. The maximum Gasteiger partial charge on any atom is 0.122 e. The second-order valence-electron chi connectivity index (χ2n) is 8.82. The molecule has 0 spiro atoms. The Morgan fingerprint density at radius 1 is 0.485 bits per heavy atom. The van der Waals surface area contributed by atoms with Crippen LogP contribution in [0.3, 0.4) is 0 Å². The highest BCUT2D eigenvalue weighted by molar-refractivity contribution is 6.21. The smallest absolute Gasteiger partial charge is 0.122 e. The van der Waals surface area contributed by atoms with Crippen LogP contribution in [-0.2, 0) is 6.42 Å². The molecule has 6 aromatic carbocycles. The predicted octanol–water partition coefficient (Wildman–Crippen LogP) is 8.42. The summed E-state index contributed by atoms with van der Waals surface area (Å²) < 4.78 is 5.78. The quantitative estimate of drug-likeness (QED) is 0.255. The van der Waals surface area contributed by atoms with Gasteiger partial charge in [-0.05, 0) is 78.3 Å². The number of hydrogen-bond donors (Lipinski definition) is 0. The Morgan fingerprint density at radius 3 is 1.70 bits per heavy atom. The molecule has 0 bridgehead atoms. The molecule has 0 saturated carbocycles. The number of hydrogen-bond acceptors (Lipinski definition) is 1. The standard InChI is InChI=1S/C32H22O/c1-2-8-22-19-24(14-13-21(22)7-1)31-26-9-3-5-11-28(26)32(29-12-6-4-10-27(29)31)25-15-16-30-23(20-25)17-18-33-30/h1-16,19-20H,17-18H2. The van der Waals surface area contributed by atoms with Gasteiger partial charge in [0.25, 0.3) is 0 Å². The number of benzene rings is 6. The van der Waals surface area contributed by atoms with E-state index >= 15 is 0 Å². The number of rotatable bonds is 2. The minimum absolute atomic E-state index is 0.779. The zero-order valence-electron chi connectivity index (χ0n) is 18.2. The van der Waals surface area contributed by atoms with Crippen LogP contribution < -0.4 is 4.74 Å². The maximum atomic E-state index is 5.78. The van der Waals surface area contributed by atoms with Gasteiger partial charge in [0, 0.05) is 6.42 Å². The highest BCUT2D eigenvalue weighted by Gasteiger charge is 2.19. The number of fused-ring (bicyclic) bond motifs is 4. The van der Waals surface area contributed by atoms with Crippen molar-refractivity contribution in [2.24, 2.45) is 0 Å². The second kappa shape index (κ2) is 7.21. The van der Waals surface area contributed by atoms with Gasteiger partial charge in [-0.3, -0.25) is 0 Å². The summed E-state index contributed by atoms with van der Waals surface area (Å²) in [5, 5.41) is 7.70. The molecule has 0 aromatic heterocycles. The Kier molecular flexibility index (Phi) is 4.04. The lowest BCUT2D eigenvalue weighted by molar-refractivity contribution is 0.357. The fourth-order valence-electron chi connectivity index (χ4n) is 5.44. The molecule has 33 heavy (non-hydrogen) atoms. The molecule has 0 atom stereocenters. The lowest BCUT2D eigenvalue weighted by Crippen LogP contribution is -1.91. The van der Waals surface area contributed by atoms with Crippen molar-refractivity contribution in [1.29, 1.82) is 0 Å². The van der Waals surface area contributed by atoms with E-state index in [1.807, 2.05) is 0 Å². The topological polar surface area (TPSA) is 9.23 Å². The Bertz CT molecular complexity index is 1640. The summed E-state index contributed by atoms with van der Waals surface area (Å²) in [5.41, 5.74) is 6.44. The predicted molar refractivity (Wildman–Crippen MR) is 139 cm³/mol. The highest BCUT2D eigenvalue weighted by Crippen LogP contribution is 2.44. The summed E-state index contributed by atoms with van der Waals surface area (Å²) in [6.07, 6.45) is 0.980. The van der Waals surface area contributed by atoms with Crippen molar-refractivity contribution < 1.29 is 4.74 Å². The maximum absolute atomic E-state index is 5.78. The molecule has 0 unspecified atom stereocenters. The lowest BCUT2D eigenvalue weighted by atomic mass is 9.85. The van der Waals surface area contributed by atoms with Crippen molar-refractivity contribution in [3.63, 3.8) is 0 Å². The van der Waals surface area contributed by atoms with E-state index in [1.165, 1.54) is 60.1 Å². The Labute approximate surface area is 192 Å². The normalized spacial score (nSPS) is 12.8. The monoisotopic (exact) mass is 422 g/mol. The van der Waals surface area contributed by atoms with Crippen LogP contribution in [0.4, 0.5) is 0 Å². The molecule has 0 fully saturated rings. The molecule has 0 saturated heterocycles. The fourth-order valence-corrected chi connectivity index (χ4v) is 5.44. The minimum atomic E-state index is 0.779. The van der Waals surface area contributed by atoms with E-state index in [4.69, 9.17) is 4.74 Å². The molecule has 0 aliphatic carbocycles.